The molecule has 2 aromatic heterocycles. The molecular formula is C28H32FN5OS. The molecule has 1 aliphatic carbocycles. The highest BCUT2D eigenvalue weighted by molar-refractivity contribution is 7.19. The summed E-state index contributed by atoms with van der Waals surface area (Å²) in [5, 5.41) is 0. The van der Waals surface area contributed by atoms with Crippen molar-refractivity contribution < 1.29 is 9.13 Å². The predicted molar refractivity (Wildman–Crippen MR) is 143 cm³/mol. The molecule has 36 heavy (non-hydrogen) atoms. The second-order valence-electron chi connectivity index (χ2n) is 10.4. The molecule has 0 amide bonds. The topological polar surface area (TPSA) is 44.7 Å². The lowest BCUT2D eigenvalue weighted by Crippen LogP contribution is -2.50. The first kappa shape index (κ1) is 22.8. The highest BCUT2D eigenvalue weighted by Crippen LogP contribution is 2.38. The van der Waals surface area contributed by atoms with E-state index in [-0.39, 0.29) is 5.82 Å². The van der Waals surface area contributed by atoms with E-state index in [0.29, 0.717) is 19.0 Å². The van der Waals surface area contributed by atoms with Gasteiger partial charge in [0, 0.05) is 49.2 Å². The van der Waals surface area contributed by atoms with Crippen LogP contribution >= 0.6 is 11.3 Å². The summed E-state index contributed by atoms with van der Waals surface area (Å²) in [5.74, 6) is 1.36. The van der Waals surface area contributed by atoms with Gasteiger partial charge in [0.25, 0.3) is 0 Å². The van der Waals surface area contributed by atoms with Crippen LogP contribution in [-0.4, -0.2) is 78.3 Å². The monoisotopic (exact) mass is 505 g/mol. The van der Waals surface area contributed by atoms with Crippen LogP contribution in [0.15, 0.2) is 24.3 Å². The number of nitrogens with zero attached hydrogens (tertiary/aromatic N) is 5. The van der Waals surface area contributed by atoms with Gasteiger partial charge in [-0.25, -0.2) is 14.4 Å². The summed E-state index contributed by atoms with van der Waals surface area (Å²) in [7, 11) is 0. The van der Waals surface area contributed by atoms with Crippen LogP contribution in [-0.2, 0) is 17.7 Å². The van der Waals surface area contributed by atoms with Crippen molar-refractivity contribution in [3.8, 4) is 11.4 Å². The lowest BCUT2D eigenvalue weighted by atomic mass is 10.00. The molecule has 6 nitrogen and oxygen atoms in total. The number of ether oxygens (including phenoxy) is 1. The van der Waals surface area contributed by atoms with Crippen molar-refractivity contribution in [3.63, 3.8) is 0 Å². The summed E-state index contributed by atoms with van der Waals surface area (Å²) in [6, 6.07) is 6.25. The molecule has 1 aromatic carbocycles. The van der Waals surface area contributed by atoms with E-state index in [1.807, 2.05) is 11.3 Å². The fraction of sp³-hybridized carbons (Fsp3) is 0.500. The molecule has 0 atom stereocenters. The van der Waals surface area contributed by atoms with Crippen LogP contribution in [0.25, 0.3) is 27.7 Å². The minimum atomic E-state index is -0.225. The molecule has 0 radical (unpaired) electrons. The quantitative estimate of drug-likeness (QED) is 0.506. The third-order valence-corrected chi connectivity index (χ3v) is 9.26. The van der Waals surface area contributed by atoms with Crippen LogP contribution in [0.1, 0.15) is 35.3 Å². The van der Waals surface area contributed by atoms with Gasteiger partial charge >= 0.3 is 0 Å². The Balaban J connectivity index is 1.22. The largest absolute Gasteiger partial charge is 0.378 e. The van der Waals surface area contributed by atoms with Gasteiger partial charge in [-0.15, -0.1) is 11.3 Å². The number of aromatic nitrogens is 2. The second-order valence-corrected chi connectivity index (χ2v) is 11.6. The van der Waals surface area contributed by atoms with E-state index in [4.69, 9.17) is 14.7 Å². The zero-order chi connectivity index (χ0) is 24.1. The molecule has 0 saturated carbocycles. The van der Waals surface area contributed by atoms with E-state index >= 15 is 0 Å². The molecule has 0 unspecified atom stereocenters. The maximum Gasteiger partial charge on any atom is 0.162 e. The number of allylic oxidation sites excluding steroid dienone is 1. The first-order valence-corrected chi connectivity index (χ1v) is 14.1. The molecule has 4 aliphatic rings. The van der Waals surface area contributed by atoms with Gasteiger partial charge < -0.3 is 14.5 Å². The fourth-order valence-electron chi connectivity index (χ4n) is 6.05. The maximum absolute atomic E-state index is 14.5. The molecule has 3 fully saturated rings. The molecule has 0 N–H and O–H groups in total. The summed E-state index contributed by atoms with van der Waals surface area (Å²) >= 11 is 1.82. The Labute approximate surface area is 215 Å². The smallest absolute Gasteiger partial charge is 0.162 e. The van der Waals surface area contributed by atoms with Crippen LogP contribution in [0.2, 0.25) is 0 Å². The zero-order valence-corrected chi connectivity index (χ0v) is 21.4. The van der Waals surface area contributed by atoms with Crippen LogP contribution in [0, 0.1) is 5.82 Å². The first-order valence-electron chi connectivity index (χ1n) is 13.3. The maximum atomic E-state index is 14.5. The number of fused-ring (bicyclic) bond motifs is 2. The summed E-state index contributed by atoms with van der Waals surface area (Å²) in [5.41, 5.74) is 3.81. The lowest BCUT2D eigenvalue weighted by Gasteiger charge is -2.42. The number of hydrogen-bond donors (Lipinski definition) is 0. The average molecular weight is 506 g/mol. The number of rotatable bonds is 5. The summed E-state index contributed by atoms with van der Waals surface area (Å²) in [6.07, 6.45) is 8.83. The van der Waals surface area contributed by atoms with Gasteiger partial charge in [0.05, 0.1) is 23.4 Å². The van der Waals surface area contributed by atoms with Crippen molar-refractivity contribution in [1.29, 1.82) is 0 Å². The molecule has 3 aromatic rings. The Bertz CT molecular complexity index is 1310. The number of piperidine rings is 1. The molecule has 3 aliphatic heterocycles. The van der Waals surface area contributed by atoms with Crippen LogP contribution in [0.4, 0.5) is 10.2 Å². The van der Waals surface area contributed by atoms with E-state index in [1.54, 1.807) is 12.1 Å². The molecule has 188 valence electrons. The highest BCUT2D eigenvalue weighted by atomic mass is 32.1. The average Bonchev–Trinajstić information content (AvgIpc) is 3.50. The number of benzene rings is 1. The normalized spacial score (nSPS) is 21.3. The van der Waals surface area contributed by atoms with Crippen molar-refractivity contribution in [3.05, 3.63) is 46.1 Å². The number of morpholine rings is 1. The predicted octanol–water partition coefficient (Wildman–Crippen LogP) is 4.57. The number of anilines is 1. The Morgan fingerprint density at radius 3 is 2.61 bits per heavy atom. The van der Waals surface area contributed by atoms with Crippen molar-refractivity contribution in [2.24, 2.45) is 0 Å². The van der Waals surface area contributed by atoms with E-state index < -0.39 is 0 Å². The second kappa shape index (κ2) is 9.49. The third-order valence-electron chi connectivity index (χ3n) is 8.15. The van der Waals surface area contributed by atoms with E-state index in [2.05, 4.69) is 32.9 Å². The molecule has 0 spiro atoms. The third kappa shape index (κ3) is 4.24. The van der Waals surface area contributed by atoms with Gasteiger partial charge in [-0.2, -0.15) is 0 Å². The molecular weight excluding hydrogens is 473 g/mol. The molecule has 5 heterocycles. The van der Waals surface area contributed by atoms with Crippen LogP contribution < -0.4 is 4.90 Å². The Morgan fingerprint density at radius 1 is 1.00 bits per heavy atom. The Hall–Kier alpha value is -2.39. The van der Waals surface area contributed by atoms with Gasteiger partial charge in [0.1, 0.15) is 5.82 Å². The zero-order valence-electron chi connectivity index (χ0n) is 20.6. The number of likely N-dealkylation sites (tertiary alicyclic amines) is 2. The van der Waals surface area contributed by atoms with E-state index in [0.717, 1.165) is 77.9 Å². The van der Waals surface area contributed by atoms with Crippen molar-refractivity contribution >= 4 is 33.4 Å². The Morgan fingerprint density at radius 2 is 1.83 bits per heavy atom. The Kier molecular flexibility index (Phi) is 6.00. The fourth-order valence-corrected chi connectivity index (χ4v) is 7.20. The summed E-state index contributed by atoms with van der Waals surface area (Å²) in [4.78, 5) is 19.0. The molecule has 7 rings (SSSR count). The standard InChI is InChI=1S/C28H32FN5OS/c29-20-15-19-3-1-4-23(19)24(16-20)27-30-25-17-22(18-32-9-5-21(6-10-32)33-7-2-8-33)36-26(25)28(31-27)34-11-13-35-14-12-34/h1,4,15-17,21H,2-3,5-14,18H2. The summed E-state index contributed by atoms with van der Waals surface area (Å²) < 4.78 is 21.3. The highest BCUT2D eigenvalue weighted by Gasteiger charge is 2.28. The number of halogens is 1. The molecule has 3 saturated heterocycles. The summed E-state index contributed by atoms with van der Waals surface area (Å²) in [6.45, 7) is 8.87. The number of hydrogen-bond acceptors (Lipinski definition) is 7. The van der Waals surface area contributed by atoms with Gasteiger partial charge in [0.15, 0.2) is 11.6 Å². The van der Waals surface area contributed by atoms with Crippen LogP contribution in [0.3, 0.4) is 0 Å². The van der Waals surface area contributed by atoms with Crippen molar-refractivity contribution in [2.45, 2.75) is 38.3 Å². The van der Waals surface area contributed by atoms with Gasteiger partial charge in [0.2, 0.25) is 0 Å². The number of thiophene rings is 1. The SMILES string of the molecule is Fc1cc2c(c(-c3nc(N4CCOCC4)c4sc(CN5CCC(N6CCC6)CC5)cc4n3)c1)C=CC2. The van der Waals surface area contributed by atoms with Crippen molar-refractivity contribution in [1.82, 2.24) is 19.8 Å². The van der Waals surface area contributed by atoms with Crippen molar-refractivity contribution in [2.75, 3.05) is 57.4 Å². The molecule has 8 heteroatoms. The minimum Gasteiger partial charge on any atom is -0.378 e. The van der Waals surface area contributed by atoms with Crippen LogP contribution in [0.5, 0.6) is 0 Å². The van der Waals surface area contributed by atoms with Gasteiger partial charge in [-0.1, -0.05) is 12.2 Å². The first-order chi connectivity index (χ1) is 17.7. The van der Waals surface area contributed by atoms with E-state index in [1.165, 1.54) is 37.2 Å². The van der Waals surface area contributed by atoms with Gasteiger partial charge in [-0.3, -0.25) is 4.90 Å². The molecule has 0 bridgehead atoms. The van der Waals surface area contributed by atoms with E-state index in [9.17, 15) is 4.39 Å². The lowest BCUT2D eigenvalue weighted by molar-refractivity contribution is 0.0615. The minimum absolute atomic E-state index is 0.225. The van der Waals surface area contributed by atoms with Gasteiger partial charge in [-0.05, 0) is 68.1 Å².